The van der Waals surface area contributed by atoms with E-state index < -0.39 is 131 Å². The number of aliphatic hydroxyl groups excluding tert-OH is 6. The SMILES string of the molecule is COC(=O)C12OCC34C(CC5C(C)=C(OC6OC(CO)C(O)C(O)C6O)C(=O)CC5(C)C3C(O)C1O)OC(=O)C(OC(=O)/C=C(/C)C(C)(C)OC(C)=O)C24. The molecular weight excluding hydrogens is 720 g/mol. The molecule has 3 aliphatic heterocycles. The Labute approximate surface area is 309 Å². The van der Waals surface area contributed by atoms with E-state index in [0.29, 0.717) is 5.57 Å². The van der Waals surface area contributed by atoms with Gasteiger partial charge < -0.3 is 63.8 Å². The van der Waals surface area contributed by atoms with E-state index in [1.807, 2.05) is 0 Å². The number of hydrogen-bond donors (Lipinski definition) is 6. The topological polar surface area (TPSA) is 271 Å². The fourth-order valence-corrected chi connectivity index (χ4v) is 10.2. The van der Waals surface area contributed by atoms with E-state index in [-0.39, 0.29) is 30.8 Å². The predicted octanol–water partition coefficient (Wildman–Crippen LogP) is -1.90. The third-order valence-electron chi connectivity index (χ3n) is 12.8. The molecule has 6 aliphatic rings. The maximum atomic E-state index is 14.1. The van der Waals surface area contributed by atoms with Crippen LogP contribution in [0.15, 0.2) is 23.0 Å². The van der Waals surface area contributed by atoms with Crippen molar-refractivity contribution in [3.8, 4) is 0 Å². The summed E-state index contributed by atoms with van der Waals surface area (Å²) in [6, 6.07) is 0. The number of esters is 4. The molecule has 0 radical (unpaired) electrons. The van der Waals surface area contributed by atoms with Crippen LogP contribution in [0.25, 0.3) is 0 Å². The van der Waals surface area contributed by atoms with Gasteiger partial charge in [0, 0.05) is 30.8 Å². The number of fused-ring (bicyclic) bond motifs is 2. The molecule has 2 bridgehead atoms. The number of ether oxygens (including phenoxy) is 7. The summed E-state index contributed by atoms with van der Waals surface area (Å²) >= 11 is 0. The highest BCUT2D eigenvalue weighted by Crippen LogP contribution is 2.73. The Hall–Kier alpha value is -3.49. The van der Waals surface area contributed by atoms with Gasteiger partial charge in [-0.3, -0.25) is 9.59 Å². The van der Waals surface area contributed by atoms with Crippen molar-refractivity contribution in [3.63, 3.8) is 0 Å². The van der Waals surface area contributed by atoms with Crippen LogP contribution in [0, 0.1) is 28.6 Å². The van der Waals surface area contributed by atoms with Crippen molar-refractivity contribution >= 4 is 29.7 Å². The van der Waals surface area contributed by atoms with Crippen LogP contribution in [0.5, 0.6) is 0 Å². The molecule has 54 heavy (non-hydrogen) atoms. The molecule has 18 heteroatoms. The Morgan fingerprint density at radius 3 is 2.28 bits per heavy atom. The standard InChI is InChI=1S/C36H48O18/c1-13(33(4,5)54-15(3)38)8-20(40)52-26-28-35-12-49-36(28,32(47)48-7)29(45)24(44)27(35)34(6)10-17(39)25(14(2)16(34)9-19(35)51-30(26)46)53-31-23(43)22(42)21(41)18(11-37)50-31/h8,16,18-19,21-24,26-29,31,37,41-45H,9-12H2,1-7H3/b13-8-. The van der Waals surface area contributed by atoms with Gasteiger partial charge in [0.2, 0.25) is 18.0 Å². The Kier molecular flexibility index (Phi) is 10.1. The molecule has 300 valence electrons. The lowest BCUT2D eigenvalue weighted by Gasteiger charge is -2.67. The highest BCUT2D eigenvalue weighted by atomic mass is 16.7. The number of rotatable bonds is 8. The molecule has 1 spiro atoms. The first-order chi connectivity index (χ1) is 25.1. The Bertz CT molecular complexity index is 1670. The fraction of sp³-hybridized carbons (Fsp3) is 0.750. The molecule has 3 aliphatic carbocycles. The number of hydrogen-bond acceptors (Lipinski definition) is 18. The first kappa shape index (κ1) is 40.2. The molecule has 0 aromatic carbocycles. The summed E-state index contributed by atoms with van der Waals surface area (Å²) in [5.74, 6) is -8.09. The normalized spacial score (nSPS) is 44.4. The molecule has 18 nitrogen and oxygen atoms in total. The van der Waals surface area contributed by atoms with Crippen LogP contribution in [-0.2, 0) is 57.1 Å². The minimum Gasteiger partial charge on any atom is -0.467 e. The molecule has 0 aromatic rings. The summed E-state index contributed by atoms with van der Waals surface area (Å²) in [5.41, 5.74) is -5.89. The van der Waals surface area contributed by atoms with Crippen LogP contribution in [0.2, 0.25) is 0 Å². The number of ketones is 1. The van der Waals surface area contributed by atoms with E-state index >= 15 is 0 Å². The van der Waals surface area contributed by atoms with Gasteiger partial charge in [-0.05, 0) is 56.6 Å². The molecule has 3 heterocycles. The van der Waals surface area contributed by atoms with Crippen LogP contribution in [-0.4, -0.2) is 147 Å². The number of allylic oxidation sites excluding steroid dienone is 2. The minimum absolute atomic E-state index is 0.0183. The summed E-state index contributed by atoms with van der Waals surface area (Å²) in [6.45, 7) is 7.94. The average Bonchev–Trinajstić information content (AvgIpc) is 3.40. The monoisotopic (exact) mass is 768 g/mol. The molecule has 2 saturated carbocycles. The van der Waals surface area contributed by atoms with E-state index in [4.69, 9.17) is 33.2 Å². The van der Waals surface area contributed by atoms with Crippen LogP contribution < -0.4 is 0 Å². The van der Waals surface area contributed by atoms with Gasteiger partial charge in [0.05, 0.1) is 32.3 Å². The highest BCUT2D eigenvalue weighted by molar-refractivity contribution is 5.96. The van der Waals surface area contributed by atoms with Crippen molar-refractivity contribution in [3.05, 3.63) is 23.0 Å². The number of methoxy groups -OCH3 is 1. The van der Waals surface area contributed by atoms with Gasteiger partial charge >= 0.3 is 23.9 Å². The van der Waals surface area contributed by atoms with Gasteiger partial charge in [0.15, 0.2) is 11.5 Å². The third-order valence-corrected chi connectivity index (χ3v) is 12.8. The fourth-order valence-electron chi connectivity index (χ4n) is 10.2. The quantitative estimate of drug-likeness (QED) is 0.0894. The second kappa shape index (κ2) is 13.6. The van der Waals surface area contributed by atoms with Crippen molar-refractivity contribution in [2.75, 3.05) is 20.3 Å². The molecule has 0 amide bonds. The zero-order chi connectivity index (χ0) is 40.0. The van der Waals surface area contributed by atoms with Gasteiger partial charge in [-0.2, -0.15) is 0 Å². The van der Waals surface area contributed by atoms with Crippen molar-refractivity contribution in [2.45, 2.75) is 121 Å². The van der Waals surface area contributed by atoms with Gasteiger partial charge in [0.1, 0.15) is 42.2 Å². The Balaban J connectivity index is 1.41. The zero-order valence-corrected chi connectivity index (χ0v) is 30.9. The molecule has 3 saturated heterocycles. The highest BCUT2D eigenvalue weighted by Gasteiger charge is 2.85. The molecule has 6 rings (SSSR count). The molecular formula is C36H48O18. The largest absolute Gasteiger partial charge is 0.467 e. The first-order valence-electron chi connectivity index (χ1n) is 17.7. The summed E-state index contributed by atoms with van der Waals surface area (Å²) in [7, 11) is 1.03. The summed E-state index contributed by atoms with van der Waals surface area (Å²) in [4.78, 5) is 66.9. The van der Waals surface area contributed by atoms with Gasteiger partial charge in [-0.15, -0.1) is 0 Å². The van der Waals surface area contributed by atoms with Crippen molar-refractivity contribution in [1.29, 1.82) is 0 Å². The average molecular weight is 769 g/mol. The van der Waals surface area contributed by atoms with Crippen molar-refractivity contribution in [1.82, 2.24) is 0 Å². The second-order valence-electron chi connectivity index (χ2n) is 16.0. The second-order valence-corrected chi connectivity index (χ2v) is 16.0. The molecule has 15 atom stereocenters. The zero-order valence-electron chi connectivity index (χ0n) is 30.9. The molecule has 6 N–H and O–H groups in total. The minimum atomic E-state index is -2.41. The summed E-state index contributed by atoms with van der Waals surface area (Å²) < 4.78 is 39.6. The lowest BCUT2D eigenvalue weighted by molar-refractivity contribution is -0.296. The lowest BCUT2D eigenvalue weighted by Crippen LogP contribution is -2.79. The molecule has 5 fully saturated rings. The molecule has 15 unspecified atom stereocenters. The van der Waals surface area contributed by atoms with E-state index in [2.05, 4.69) is 0 Å². The van der Waals surface area contributed by atoms with Crippen molar-refractivity contribution in [2.24, 2.45) is 28.6 Å². The van der Waals surface area contributed by atoms with E-state index in [1.165, 1.54) is 27.7 Å². The number of aliphatic hydroxyl groups is 6. The lowest BCUT2D eigenvalue weighted by atomic mass is 9.38. The summed E-state index contributed by atoms with van der Waals surface area (Å²) in [5, 5.41) is 64.8. The van der Waals surface area contributed by atoms with E-state index in [1.54, 1.807) is 13.8 Å². The van der Waals surface area contributed by atoms with Gasteiger partial charge in [0.25, 0.3) is 0 Å². The van der Waals surface area contributed by atoms with Gasteiger partial charge in [-0.1, -0.05) is 6.92 Å². The van der Waals surface area contributed by atoms with E-state index in [0.717, 1.165) is 13.2 Å². The van der Waals surface area contributed by atoms with E-state index in [9.17, 15) is 54.6 Å². The number of Topliss-reactive ketones (excluding diaryl/α,β-unsaturated/α-hetero) is 1. The van der Waals surface area contributed by atoms with Crippen LogP contribution >= 0.6 is 0 Å². The van der Waals surface area contributed by atoms with Gasteiger partial charge in [-0.25, -0.2) is 14.4 Å². The van der Waals surface area contributed by atoms with Crippen LogP contribution in [0.1, 0.15) is 54.4 Å². The number of carbonyl (C=O) groups is 5. The predicted molar refractivity (Wildman–Crippen MR) is 175 cm³/mol. The maximum absolute atomic E-state index is 14.1. The Morgan fingerprint density at radius 1 is 1.00 bits per heavy atom. The maximum Gasteiger partial charge on any atom is 0.348 e. The smallest absolute Gasteiger partial charge is 0.348 e. The van der Waals surface area contributed by atoms with Crippen LogP contribution in [0.3, 0.4) is 0 Å². The Morgan fingerprint density at radius 2 is 1.67 bits per heavy atom. The van der Waals surface area contributed by atoms with Crippen LogP contribution in [0.4, 0.5) is 0 Å². The third kappa shape index (κ3) is 5.63. The molecule has 0 aromatic heterocycles. The summed E-state index contributed by atoms with van der Waals surface area (Å²) in [6.07, 6.45) is -14.4. The van der Waals surface area contributed by atoms with Crippen molar-refractivity contribution < 1.29 is 87.8 Å². The number of carbonyl (C=O) groups excluding carboxylic acids is 5. The first-order valence-corrected chi connectivity index (χ1v) is 17.7.